The van der Waals surface area contributed by atoms with Crippen LogP contribution in [0.1, 0.15) is 25.0 Å². The lowest BCUT2D eigenvalue weighted by molar-refractivity contribution is 0.172. The fraction of sp³-hybridized carbons (Fsp3) is 0.438. The van der Waals surface area contributed by atoms with Crippen molar-refractivity contribution in [1.82, 2.24) is 4.98 Å². The topological polar surface area (TPSA) is 33.1 Å². The predicted octanol–water partition coefficient (Wildman–Crippen LogP) is 3.90. The quantitative estimate of drug-likeness (QED) is 0.932. The maximum absolute atomic E-state index is 10.7. The first kappa shape index (κ1) is 14.2. The van der Waals surface area contributed by atoms with Crippen LogP contribution in [0.2, 0.25) is 0 Å². The van der Waals surface area contributed by atoms with Crippen LogP contribution in [0.25, 0.3) is 10.9 Å². The van der Waals surface area contributed by atoms with E-state index in [1.165, 1.54) is 5.75 Å². The third-order valence-corrected chi connectivity index (χ3v) is 7.09. The summed E-state index contributed by atoms with van der Waals surface area (Å²) >= 11 is 3.90. The summed E-state index contributed by atoms with van der Waals surface area (Å²) in [6.07, 6.45) is 2.52. The van der Waals surface area contributed by atoms with Crippen LogP contribution in [-0.4, -0.2) is 32.1 Å². The number of fused-ring (bicyclic) bond motifs is 1. The molecule has 1 saturated heterocycles. The Kier molecular flexibility index (Phi) is 4.54. The van der Waals surface area contributed by atoms with Gasteiger partial charge < -0.3 is 5.11 Å². The van der Waals surface area contributed by atoms with Crippen LogP contribution in [0.5, 0.6) is 0 Å². The zero-order valence-corrected chi connectivity index (χ0v) is 13.2. The highest BCUT2D eigenvalue weighted by atomic mass is 32.2. The lowest BCUT2D eigenvalue weighted by Gasteiger charge is -2.33. The molecule has 0 saturated carbocycles. The van der Waals surface area contributed by atoms with Crippen molar-refractivity contribution in [3.05, 3.63) is 42.1 Å². The normalized spacial score (nSPS) is 24.7. The lowest BCUT2D eigenvalue weighted by atomic mass is 10.0. The Bertz CT molecular complexity index is 589. The number of aliphatic hydroxyl groups is 1. The summed E-state index contributed by atoms with van der Waals surface area (Å²) in [4.78, 5) is 4.47. The molecule has 3 unspecified atom stereocenters. The maximum Gasteiger partial charge on any atom is 0.0934 e. The molecule has 0 bridgehead atoms. The zero-order chi connectivity index (χ0) is 13.9. The molecule has 2 aromatic rings. The molecule has 0 spiro atoms. The summed E-state index contributed by atoms with van der Waals surface area (Å²) in [7, 11) is 0. The molecule has 2 heterocycles. The summed E-state index contributed by atoms with van der Waals surface area (Å²) in [6, 6.07) is 10.1. The van der Waals surface area contributed by atoms with E-state index < -0.39 is 6.10 Å². The van der Waals surface area contributed by atoms with E-state index in [0.717, 1.165) is 28.6 Å². The molecular weight excluding hydrogens is 286 g/mol. The fourth-order valence-corrected chi connectivity index (χ4v) is 5.81. The van der Waals surface area contributed by atoms with Gasteiger partial charge in [0.2, 0.25) is 0 Å². The van der Waals surface area contributed by atoms with Gasteiger partial charge in [0.25, 0.3) is 0 Å². The molecule has 0 radical (unpaired) electrons. The number of pyridine rings is 1. The van der Waals surface area contributed by atoms with Gasteiger partial charge in [0.15, 0.2) is 0 Å². The van der Waals surface area contributed by atoms with Gasteiger partial charge in [-0.05, 0) is 18.6 Å². The first-order valence-electron chi connectivity index (χ1n) is 7.05. The van der Waals surface area contributed by atoms with Crippen molar-refractivity contribution in [3.8, 4) is 0 Å². The van der Waals surface area contributed by atoms with Crippen molar-refractivity contribution in [1.29, 1.82) is 0 Å². The predicted molar refractivity (Wildman–Crippen MR) is 89.5 cm³/mol. The van der Waals surface area contributed by atoms with Gasteiger partial charge in [-0.1, -0.05) is 25.1 Å². The van der Waals surface area contributed by atoms with E-state index in [-0.39, 0.29) is 5.25 Å². The molecule has 2 nitrogen and oxygen atoms in total. The number of rotatable bonds is 3. The molecule has 1 aromatic heterocycles. The SMILES string of the molecule is CCC1SCCSC1C(O)c1cnc2ccccc2c1. The second kappa shape index (κ2) is 6.37. The minimum atomic E-state index is -0.421. The van der Waals surface area contributed by atoms with Crippen LogP contribution in [0.4, 0.5) is 0 Å². The lowest BCUT2D eigenvalue weighted by Crippen LogP contribution is -2.31. The average Bonchev–Trinajstić information content (AvgIpc) is 2.53. The third kappa shape index (κ3) is 2.83. The summed E-state index contributed by atoms with van der Waals surface area (Å²) in [5.74, 6) is 2.33. The standard InChI is InChI=1S/C16H19NOS2/c1-2-14-16(20-8-7-19-14)15(18)12-9-11-5-3-4-6-13(11)17-10-12/h3-6,9-10,14-16,18H,2,7-8H2,1H3. The maximum atomic E-state index is 10.7. The molecule has 1 fully saturated rings. The first-order valence-corrected chi connectivity index (χ1v) is 9.15. The highest BCUT2D eigenvalue weighted by Crippen LogP contribution is 2.40. The van der Waals surface area contributed by atoms with E-state index in [9.17, 15) is 5.11 Å². The smallest absolute Gasteiger partial charge is 0.0934 e. The van der Waals surface area contributed by atoms with E-state index in [1.54, 1.807) is 0 Å². The molecule has 1 aliphatic heterocycles. The van der Waals surface area contributed by atoms with E-state index in [4.69, 9.17) is 0 Å². The van der Waals surface area contributed by atoms with Gasteiger partial charge in [0.1, 0.15) is 0 Å². The summed E-state index contributed by atoms with van der Waals surface area (Å²) in [6.45, 7) is 2.21. The molecule has 0 aliphatic carbocycles. The molecule has 0 amide bonds. The Morgan fingerprint density at radius 3 is 2.95 bits per heavy atom. The Morgan fingerprint density at radius 1 is 1.30 bits per heavy atom. The van der Waals surface area contributed by atoms with Crippen molar-refractivity contribution in [2.75, 3.05) is 11.5 Å². The molecule has 1 aromatic carbocycles. The Balaban J connectivity index is 1.89. The second-order valence-corrected chi connectivity index (χ2v) is 7.69. The van der Waals surface area contributed by atoms with E-state index in [2.05, 4.69) is 24.0 Å². The first-order chi connectivity index (χ1) is 9.79. The number of para-hydroxylation sites is 1. The van der Waals surface area contributed by atoms with Gasteiger partial charge in [0, 0.05) is 39.2 Å². The van der Waals surface area contributed by atoms with Crippen LogP contribution >= 0.6 is 23.5 Å². The van der Waals surface area contributed by atoms with Crippen LogP contribution in [-0.2, 0) is 0 Å². The van der Waals surface area contributed by atoms with Gasteiger partial charge in [0.05, 0.1) is 11.6 Å². The van der Waals surface area contributed by atoms with Crippen LogP contribution in [0.15, 0.2) is 36.5 Å². The van der Waals surface area contributed by atoms with Crippen LogP contribution in [0, 0.1) is 0 Å². The summed E-state index contributed by atoms with van der Waals surface area (Å²) in [5, 5.41) is 12.7. The molecule has 20 heavy (non-hydrogen) atoms. The summed E-state index contributed by atoms with van der Waals surface area (Å²) in [5.41, 5.74) is 1.93. The number of hydrogen-bond donors (Lipinski definition) is 1. The van der Waals surface area contributed by atoms with Gasteiger partial charge in [-0.25, -0.2) is 0 Å². The average molecular weight is 305 g/mol. The molecule has 3 rings (SSSR count). The van der Waals surface area contributed by atoms with Crippen molar-refractivity contribution < 1.29 is 5.11 Å². The minimum absolute atomic E-state index is 0.279. The largest absolute Gasteiger partial charge is 0.387 e. The number of hydrogen-bond acceptors (Lipinski definition) is 4. The molecule has 106 valence electrons. The van der Waals surface area contributed by atoms with Crippen molar-refractivity contribution in [2.45, 2.75) is 29.9 Å². The number of thioether (sulfide) groups is 2. The van der Waals surface area contributed by atoms with Crippen LogP contribution < -0.4 is 0 Å². The summed E-state index contributed by atoms with van der Waals surface area (Å²) < 4.78 is 0. The van der Waals surface area contributed by atoms with Crippen molar-refractivity contribution in [3.63, 3.8) is 0 Å². The monoisotopic (exact) mass is 305 g/mol. The minimum Gasteiger partial charge on any atom is -0.387 e. The number of aliphatic hydroxyl groups excluding tert-OH is 1. The van der Waals surface area contributed by atoms with Gasteiger partial charge in [-0.2, -0.15) is 23.5 Å². The highest BCUT2D eigenvalue weighted by molar-refractivity contribution is 8.07. The number of benzene rings is 1. The molecular formula is C16H19NOS2. The second-order valence-electron chi connectivity index (χ2n) is 5.06. The van der Waals surface area contributed by atoms with E-state index >= 15 is 0 Å². The Morgan fingerprint density at radius 2 is 2.10 bits per heavy atom. The number of aromatic nitrogens is 1. The highest BCUT2D eigenvalue weighted by Gasteiger charge is 2.32. The third-order valence-electron chi connectivity index (χ3n) is 3.76. The number of nitrogens with zero attached hydrogens (tertiary/aromatic N) is 1. The molecule has 1 aliphatic rings. The van der Waals surface area contributed by atoms with Crippen LogP contribution in [0.3, 0.4) is 0 Å². The Labute approximate surface area is 128 Å². The molecule has 4 heteroatoms. The van der Waals surface area contributed by atoms with Gasteiger partial charge in [-0.15, -0.1) is 0 Å². The zero-order valence-electron chi connectivity index (χ0n) is 11.5. The van der Waals surface area contributed by atoms with E-state index in [0.29, 0.717) is 5.25 Å². The van der Waals surface area contributed by atoms with Gasteiger partial charge in [-0.3, -0.25) is 4.98 Å². The molecule has 3 atom stereocenters. The Hall–Kier alpha value is -0.710. The van der Waals surface area contributed by atoms with Crippen molar-refractivity contribution >= 4 is 34.4 Å². The molecule has 1 N–H and O–H groups in total. The van der Waals surface area contributed by atoms with E-state index in [1.807, 2.05) is 47.9 Å². The van der Waals surface area contributed by atoms with Crippen molar-refractivity contribution in [2.24, 2.45) is 0 Å². The fourth-order valence-electron chi connectivity index (χ4n) is 2.67. The van der Waals surface area contributed by atoms with Gasteiger partial charge >= 0.3 is 0 Å².